The van der Waals surface area contributed by atoms with E-state index in [0.29, 0.717) is 22.4 Å². The maximum absolute atomic E-state index is 6.00. The molecule has 0 atom stereocenters. The van der Waals surface area contributed by atoms with Gasteiger partial charge in [-0.2, -0.15) is 0 Å². The third kappa shape index (κ3) is 3.19. The fourth-order valence-electron chi connectivity index (χ4n) is 2.10. The maximum atomic E-state index is 6.00. The SMILES string of the molecule is COc1ccc(Nc2nc(N)c(-c3ccccn3)s2)cc1OC. The van der Waals surface area contributed by atoms with E-state index in [9.17, 15) is 0 Å². The molecular formula is C16H16N4O2S. The molecule has 0 radical (unpaired) electrons. The first kappa shape index (κ1) is 15.1. The summed E-state index contributed by atoms with van der Waals surface area (Å²) >= 11 is 1.45. The van der Waals surface area contributed by atoms with Crippen molar-refractivity contribution >= 4 is 28.0 Å². The van der Waals surface area contributed by atoms with Crippen LogP contribution in [0.2, 0.25) is 0 Å². The molecule has 2 heterocycles. The number of thiazole rings is 1. The molecule has 0 aliphatic heterocycles. The third-order valence-electron chi connectivity index (χ3n) is 3.19. The van der Waals surface area contributed by atoms with Crippen LogP contribution in [0.15, 0.2) is 42.6 Å². The fraction of sp³-hybridized carbons (Fsp3) is 0.125. The molecule has 0 bridgehead atoms. The lowest BCUT2D eigenvalue weighted by Crippen LogP contribution is -1.94. The van der Waals surface area contributed by atoms with Gasteiger partial charge in [0, 0.05) is 18.0 Å². The summed E-state index contributed by atoms with van der Waals surface area (Å²) in [5, 5.41) is 3.92. The zero-order chi connectivity index (χ0) is 16.2. The van der Waals surface area contributed by atoms with Gasteiger partial charge in [-0.3, -0.25) is 4.98 Å². The average molecular weight is 328 g/mol. The molecule has 3 aromatic rings. The molecule has 6 nitrogen and oxygen atoms in total. The second-order valence-corrected chi connectivity index (χ2v) is 5.64. The van der Waals surface area contributed by atoms with Gasteiger partial charge in [-0.05, 0) is 24.3 Å². The molecule has 0 spiro atoms. The van der Waals surface area contributed by atoms with E-state index in [0.717, 1.165) is 16.3 Å². The second kappa shape index (κ2) is 6.53. The van der Waals surface area contributed by atoms with Gasteiger partial charge in [0.2, 0.25) is 0 Å². The van der Waals surface area contributed by atoms with Gasteiger partial charge in [0.1, 0.15) is 5.82 Å². The molecule has 2 aromatic heterocycles. The summed E-state index contributed by atoms with van der Waals surface area (Å²) in [6.07, 6.45) is 1.73. The molecule has 0 saturated heterocycles. The predicted octanol–water partition coefficient (Wildman–Crippen LogP) is 3.55. The Labute approximate surface area is 137 Å². The van der Waals surface area contributed by atoms with Crippen LogP contribution in [0.3, 0.4) is 0 Å². The smallest absolute Gasteiger partial charge is 0.189 e. The standard InChI is InChI=1S/C16H16N4O2S/c1-21-12-7-6-10(9-13(12)22-2)19-16-20-15(17)14(23-16)11-5-3-4-8-18-11/h3-9H,17H2,1-2H3,(H,19,20). The minimum Gasteiger partial charge on any atom is -0.493 e. The van der Waals surface area contributed by atoms with Gasteiger partial charge in [0.15, 0.2) is 16.6 Å². The Kier molecular flexibility index (Phi) is 4.29. The first-order valence-corrected chi connectivity index (χ1v) is 7.69. The van der Waals surface area contributed by atoms with Crippen LogP contribution >= 0.6 is 11.3 Å². The summed E-state index contributed by atoms with van der Waals surface area (Å²) in [5.41, 5.74) is 7.65. The Balaban J connectivity index is 1.87. The van der Waals surface area contributed by atoms with Crippen molar-refractivity contribution in [2.24, 2.45) is 0 Å². The number of hydrogen-bond donors (Lipinski definition) is 2. The molecule has 0 unspecified atom stereocenters. The molecule has 0 saturated carbocycles. The summed E-state index contributed by atoms with van der Waals surface area (Å²) < 4.78 is 10.5. The number of aromatic nitrogens is 2. The first-order chi connectivity index (χ1) is 11.2. The third-order valence-corrected chi connectivity index (χ3v) is 4.19. The minimum atomic E-state index is 0.455. The molecular weight excluding hydrogens is 312 g/mol. The summed E-state index contributed by atoms with van der Waals surface area (Å²) in [7, 11) is 3.20. The van der Waals surface area contributed by atoms with E-state index in [4.69, 9.17) is 15.2 Å². The second-order valence-electron chi connectivity index (χ2n) is 4.64. The van der Waals surface area contributed by atoms with E-state index in [1.54, 1.807) is 20.4 Å². The largest absolute Gasteiger partial charge is 0.493 e. The summed E-state index contributed by atoms with van der Waals surface area (Å²) in [6.45, 7) is 0. The molecule has 0 fully saturated rings. The molecule has 0 amide bonds. The van der Waals surface area contributed by atoms with E-state index < -0.39 is 0 Å². The number of ether oxygens (including phenoxy) is 2. The van der Waals surface area contributed by atoms with Crippen molar-refractivity contribution in [1.29, 1.82) is 0 Å². The first-order valence-electron chi connectivity index (χ1n) is 6.88. The minimum absolute atomic E-state index is 0.455. The number of anilines is 3. The molecule has 23 heavy (non-hydrogen) atoms. The van der Waals surface area contributed by atoms with Crippen molar-refractivity contribution in [3.05, 3.63) is 42.6 Å². The molecule has 3 N–H and O–H groups in total. The molecule has 0 aliphatic rings. The zero-order valence-electron chi connectivity index (χ0n) is 12.7. The zero-order valence-corrected chi connectivity index (χ0v) is 13.6. The van der Waals surface area contributed by atoms with E-state index in [1.807, 2.05) is 36.4 Å². The summed E-state index contributed by atoms with van der Waals surface area (Å²) in [5.74, 6) is 1.77. The van der Waals surface area contributed by atoms with Gasteiger partial charge in [-0.1, -0.05) is 17.4 Å². The van der Waals surface area contributed by atoms with E-state index in [-0.39, 0.29) is 0 Å². The van der Waals surface area contributed by atoms with Gasteiger partial charge in [0.25, 0.3) is 0 Å². The number of nitrogens with zero attached hydrogens (tertiary/aromatic N) is 2. The van der Waals surface area contributed by atoms with E-state index >= 15 is 0 Å². The number of nitrogens with two attached hydrogens (primary N) is 1. The van der Waals surface area contributed by atoms with Gasteiger partial charge < -0.3 is 20.5 Å². The predicted molar refractivity (Wildman–Crippen MR) is 92.6 cm³/mol. The Hall–Kier alpha value is -2.80. The molecule has 7 heteroatoms. The number of hydrogen-bond acceptors (Lipinski definition) is 7. The fourth-order valence-corrected chi connectivity index (χ4v) is 2.99. The van der Waals surface area contributed by atoms with Crippen LogP contribution < -0.4 is 20.5 Å². The van der Waals surface area contributed by atoms with Crippen LogP contribution in [-0.4, -0.2) is 24.2 Å². The summed E-state index contributed by atoms with van der Waals surface area (Å²) in [4.78, 5) is 9.50. The molecule has 1 aromatic carbocycles. The van der Waals surface area contributed by atoms with E-state index in [1.165, 1.54) is 11.3 Å². The highest BCUT2D eigenvalue weighted by Crippen LogP contribution is 2.36. The monoisotopic (exact) mass is 328 g/mol. The molecule has 118 valence electrons. The van der Waals surface area contributed by atoms with Gasteiger partial charge >= 0.3 is 0 Å². The van der Waals surface area contributed by atoms with E-state index in [2.05, 4.69) is 15.3 Å². The Bertz CT molecular complexity index is 805. The van der Waals surface area contributed by atoms with Crippen molar-refractivity contribution in [2.75, 3.05) is 25.3 Å². The number of rotatable bonds is 5. The topological polar surface area (TPSA) is 82.3 Å². The lowest BCUT2D eigenvalue weighted by atomic mass is 10.3. The quantitative estimate of drug-likeness (QED) is 0.745. The van der Waals surface area contributed by atoms with Crippen LogP contribution in [0.4, 0.5) is 16.6 Å². The van der Waals surface area contributed by atoms with Crippen LogP contribution in [0, 0.1) is 0 Å². The number of nitrogens with one attached hydrogen (secondary N) is 1. The number of nitrogen functional groups attached to an aromatic ring is 1. The summed E-state index contributed by atoms with van der Waals surface area (Å²) in [6, 6.07) is 11.3. The van der Waals surface area contributed by atoms with Crippen LogP contribution in [0.25, 0.3) is 10.6 Å². The number of methoxy groups -OCH3 is 2. The highest BCUT2D eigenvalue weighted by atomic mass is 32.1. The van der Waals surface area contributed by atoms with Gasteiger partial charge in [0.05, 0.1) is 24.8 Å². The van der Waals surface area contributed by atoms with Crippen molar-refractivity contribution in [3.63, 3.8) is 0 Å². The maximum Gasteiger partial charge on any atom is 0.189 e. The molecule has 0 aliphatic carbocycles. The van der Waals surface area contributed by atoms with Crippen molar-refractivity contribution < 1.29 is 9.47 Å². The Morgan fingerprint density at radius 2 is 1.91 bits per heavy atom. The Morgan fingerprint density at radius 1 is 1.09 bits per heavy atom. The lowest BCUT2D eigenvalue weighted by Gasteiger charge is -2.09. The highest BCUT2D eigenvalue weighted by Gasteiger charge is 2.12. The average Bonchev–Trinajstić information content (AvgIpc) is 2.95. The molecule has 3 rings (SSSR count). The normalized spacial score (nSPS) is 10.3. The lowest BCUT2D eigenvalue weighted by molar-refractivity contribution is 0.355. The van der Waals surface area contributed by atoms with Crippen LogP contribution in [0.5, 0.6) is 11.5 Å². The Morgan fingerprint density at radius 3 is 2.61 bits per heavy atom. The number of benzene rings is 1. The van der Waals surface area contributed by atoms with Crippen LogP contribution in [0.1, 0.15) is 0 Å². The van der Waals surface area contributed by atoms with Crippen molar-refractivity contribution in [3.8, 4) is 22.1 Å². The van der Waals surface area contributed by atoms with Crippen molar-refractivity contribution in [1.82, 2.24) is 9.97 Å². The van der Waals surface area contributed by atoms with Crippen molar-refractivity contribution in [2.45, 2.75) is 0 Å². The van der Waals surface area contributed by atoms with Gasteiger partial charge in [-0.15, -0.1) is 0 Å². The van der Waals surface area contributed by atoms with Gasteiger partial charge in [-0.25, -0.2) is 4.98 Å². The number of pyridine rings is 1. The van der Waals surface area contributed by atoms with Crippen LogP contribution in [-0.2, 0) is 0 Å². The highest BCUT2D eigenvalue weighted by molar-refractivity contribution is 7.19.